The van der Waals surface area contributed by atoms with E-state index in [0.29, 0.717) is 12.6 Å². The second kappa shape index (κ2) is 6.02. The molecule has 3 nitrogen and oxygen atoms in total. The lowest BCUT2D eigenvalue weighted by Crippen LogP contribution is -2.34. The van der Waals surface area contributed by atoms with Gasteiger partial charge in [-0.15, -0.1) is 0 Å². The fraction of sp³-hybridized carbons (Fsp3) is 0.438. The highest BCUT2D eigenvalue weighted by molar-refractivity contribution is 5.81. The zero-order valence-electron chi connectivity index (χ0n) is 12.1. The number of hydrogen-bond acceptors (Lipinski definition) is 3. The molecule has 0 aliphatic carbocycles. The summed E-state index contributed by atoms with van der Waals surface area (Å²) in [6, 6.07) is 10.9. The molecule has 0 aliphatic rings. The minimum absolute atomic E-state index is 0.476. The third kappa shape index (κ3) is 2.71. The molecule has 102 valence electrons. The minimum Gasteiger partial charge on any atom is -0.354 e. The van der Waals surface area contributed by atoms with E-state index in [0.717, 1.165) is 35.2 Å². The number of pyridine rings is 1. The van der Waals surface area contributed by atoms with Crippen LogP contribution >= 0.6 is 0 Å². The monoisotopic (exact) mass is 257 g/mol. The number of anilines is 1. The average Bonchev–Trinajstić information content (AvgIpc) is 2.46. The Hall–Kier alpha value is -1.61. The van der Waals surface area contributed by atoms with Gasteiger partial charge in [-0.2, -0.15) is 0 Å². The van der Waals surface area contributed by atoms with Crippen molar-refractivity contribution in [1.82, 2.24) is 4.98 Å². The van der Waals surface area contributed by atoms with Crippen LogP contribution in [0.25, 0.3) is 10.9 Å². The lowest BCUT2D eigenvalue weighted by molar-refractivity contribution is 0.621. The summed E-state index contributed by atoms with van der Waals surface area (Å²) in [5, 5.41) is 1.16. The van der Waals surface area contributed by atoms with Crippen molar-refractivity contribution in [1.29, 1.82) is 0 Å². The van der Waals surface area contributed by atoms with E-state index in [-0.39, 0.29) is 0 Å². The number of fused-ring (bicyclic) bond motifs is 1. The van der Waals surface area contributed by atoms with Crippen LogP contribution in [0, 0.1) is 0 Å². The molecule has 0 aliphatic heterocycles. The molecule has 19 heavy (non-hydrogen) atoms. The van der Waals surface area contributed by atoms with E-state index in [1.54, 1.807) is 0 Å². The normalized spacial score (nSPS) is 12.6. The summed E-state index contributed by atoms with van der Waals surface area (Å²) < 4.78 is 0. The molecule has 2 N–H and O–H groups in total. The van der Waals surface area contributed by atoms with Crippen molar-refractivity contribution in [3.05, 3.63) is 35.9 Å². The summed E-state index contributed by atoms with van der Waals surface area (Å²) in [6.45, 7) is 8.09. The summed E-state index contributed by atoms with van der Waals surface area (Å²) >= 11 is 0. The first-order valence-corrected chi connectivity index (χ1v) is 7.06. The van der Waals surface area contributed by atoms with Crippen LogP contribution in [-0.4, -0.2) is 17.6 Å². The molecule has 2 aromatic rings. The summed E-state index contributed by atoms with van der Waals surface area (Å²) in [4.78, 5) is 7.17. The van der Waals surface area contributed by atoms with Crippen LogP contribution in [0.3, 0.4) is 0 Å². The molecule has 3 heteroatoms. The summed E-state index contributed by atoms with van der Waals surface area (Å²) in [7, 11) is 0. The molecule has 0 bridgehead atoms. The van der Waals surface area contributed by atoms with E-state index in [9.17, 15) is 0 Å². The standard InChI is InChI=1S/C16H23N3/c1-4-12(3)19(5-2)16-14(11-17)10-13-8-6-7-9-15(13)18-16/h6-10,12H,4-5,11,17H2,1-3H3. The first-order valence-electron chi connectivity index (χ1n) is 7.06. The van der Waals surface area contributed by atoms with E-state index in [1.165, 1.54) is 0 Å². The molecular weight excluding hydrogens is 234 g/mol. The maximum atomic E-state index is 5.91. The number of hydrogen-bond donors (Lipinski definition) is 1. The third-order valence-electron chi connectivity index (χ3n) is 3.74. The fourth-order valence-electron chi connectivity index (χ4n) is 2.44. The van der Waals surface area contributed by atoms with Gasteiger partial charge >= 0.3 is 0 Å². The lowest BCUT2D eigenvalue weighted by atomic mass is 10.1. The van der Waals surface area contributed by atoms with E-state index < -0.39 is 0 Å². The molecule has 0 radical (unpaired) electrons. The van der Waals surface area contributed by atoms with Crippen LogP contribution < -0.4 is 10.6 Å². The number of para-hydroxylation sites is 1. The van der Waals surface area contributed by atoms with E-state index in [1.807, 2.05) is 12.1 Å². The molecule has 1 heterocycles. The van der Waals surface area contributed by atoms with Crippen LogP contribution in [-0.2, 0) is 6.54 Å². The molecule has 1 aromatic heterocycles. The molecule has 0 fully saturated rings. The largest absolute Gasteiger partial charge is 0.354 e. The molecule has 0 saturated heterocycles. The maximum absolute atomic E-state index is 5.91. The van der Waals surface area contributed by atoms with Gasteiger partial charge in [-0.25, -0.2) is 4.98 Å². The molecule has 0 spiro atoms. The predicted octanol–water partition coefficient (Wildman–Crippen LogP) is 3.32. The first kappa shape index (κ1) is 13.8. The highest BCUT2D eigenvalue weighted by Crippen LogP contribution is 2.25. The zero-order valence-corrected chi connectivity index (χ0v) is 12.1. The first-order chi connectivity index (χ1) is 9.21. The van der Waals surface area contributed by atoms with Gasteiger partial charge in [0, 0.05) is 30.1 Å². The van der Waals surface area contributed by atoms with Gasteiger partial charge in [-0.3, -0.25) is 0 Å². The Labute approximate surface area is 115 Å². The van der Waals surface area contributed by atoms with Gasteiger partial charge in [0.25, 0.3) is 0 Å². The van der Waals surface area contributed by atoms with Gasteiger partial charge in [-0.1, -0.05) is 25.1 Å². The van der Waals surface area contributed by atoms with Gasteiger partial charge < -0.3 is 10.6 Å². The average molecular weight is 257 g/mol. The van der Waals surface area contributed by atoms with Crippen LogP contribution in [0.2, 0.25) is 0 Å². The maximum Gasteiger partial charge on any atom is 0.134 e. The van der Waals surface area contributed by atoms with Gasteiger partial charge in [-0.05, 0) is 32.4 Å². The van der Waals surface area contributed by atoms with Crippen LogP contribution in [0.5, 0.6) is 0 Å². The van der Waals surface area contributed by atoms with E-state index >= 15 is 0 Å². The van der Waals surface area contributed by atoms with Crippen molar-refractivity contribution in [3.63, 3.8) is 0 Å². The van der Waals surface area contributed by atoms with Gasteiger partial charge in [0.15, 0.2) is 0 Å². The summed E-state index contributed by atoms with van der Waals surface area (Å²) in [5.74, 6) is 1.04. The second-order valence-corrected chi connectivity index (χ2v) is 4.91. The van der Waals surface area contributed by atoms with Crippen molar-refractivity contribution in [3.8, 4) is 0 Å². The Balaban J connectivity index is 2.56. The molecule has 1 aromatic carbocycles. The Kier molecular flexibility index (Phi) is 4.38. The lowest BCUT2D eigenvalue weighted by Gasteiger charge is -2.30. The highest BCUT2D eigenvalue weighted by Gasteiger charge is 2.16. The third-order valence-corrected chi connectivity index (χ3v) is 3.74. The Morgan fingerprint density at radius 1 is 1.26 bits per heavy atom. The van der Waals surface area contributed by atoms with Gasteiger partial charge in [0.2, 0.25) is 0 Å². The highest BCUT2D eigenvalue weighted by atomic mass is 15.2. The van der Waals surface area contributed by atoms with Crippen molar-refractivity contribution in [2.24, 2.45) is 5.73 Å². The molecule has 2 rings (SSSR count). The van der Waals surface area contributed by atoms with E-state index in [2.05, 4.69) is 43.9 Å². The SMILES string of the molecule is CCC(C)N(CC)c1nc2ccccc2cc1CN. The van der Waals surface area contributed by atoms with Crippen molar-refractivity contribution < 1.29 is 0 Å². The molecule has 1 atom stereocenters. The van der Waals surface area contributed by atoms with Crippen LogP contribution in [0.15, 0.2) is 30.3 Å². The minimum atomic E-state index is 0.476. The second-order valence-electron chi connectivity index (χ2n) is 4.91. The quantitative estimate of drug-likeness (QED) is 0.893. The molecule has 0 amide bonds. The number of aromatic nitrogens is 1. The Morgan fingerprint density at radius 3 is 2.63 bits per heavy atom. The summed E-state index contributed by atoms with van der Waals surface area (Å²) in [6.07, 6.45) is 1.10. The van der Waals surface area contributed by atoms with Gasteiger partial charge in [0.05, 0.1) is 5.52 Å². The van der Waals surface area contributed by atoms with Crippen LogP contribution in [0.1, 0.15) is 32.8 Å². The topological polar surface area (TPSA) is 42.2 Å². The fourth-order valence-corrected chi connectivity index (χ4v) is 2.44. The van der Waals surface area contributed by atoms with E-state index in [4.69, 9.17) is 10.7 Å². The number of rotatable bonds is 5. The molecule has 1 unspecified atom stereocenters. The van der Waals surface area contributed by atoms with Crippen molar-refractivity contribution in [2.45, 2.75) is 39.8 Å². The Bertz CT molecular complexity index is 551. The summed E-state index contributed by atoms with van der Waals surface area (Å²) in [5.41, 5.74) is 8.07. The number of nitrogens with two attached hydrogens (primary N) is 1. The zero-order chi connectivity index (χ0) is 13.8. The molecule has 0 saturated carbocycles. The van der Waals surface area contributed by atoms with Crippen molar-refractivity contribution >= 4 is 16.7 Å². The van der Waals surface area contributed by atoms with Gasteiger partial charge in [0.1, 0.15) is 5.82 Å². The predicted molar refractivity (Wildman–Crippen MR) is 82.4 cm³/mol. The number of nitrogens with zero attached hydrogens (tertiary/aromatic N) is 2. The van der Waals surface area contributed by atoms with Crippen molar-refractivity contribution in [2.75, 3.05) is 11.4 Å². The number of benzene rings is 1. The Morgan fingerprint density at radius 2 is 2.00 bits per heavy atom. The smallest absolute Gasteiger partial charge is 0.134 e. The molecular formula is C16H23N3. The van der Waals surface area contributed by atoms with Crippen LogP contribution in [0.4, 0.5) is 5.82 Å².